The molecule has 1 saturated heterocycles. The summed E-state index contributed by atoms with van der Waals surface area (Å²) < 4.78 is 15.9. The van der Waals surface area contributed by atoms with Crippen LogP contribution in [0.3, 0.4) is 0 Å². The van der Waals surface area contributed by atoms with Gasteiger partial charge in [0.05, 0.1) is 11.7 Å². The van der Waals surface area contributed by atoms with Crippen LogP contribution in [0, 0.1) is 5.82 Å². The lowest BCUT2D eigenvalue weighted by atomic mass is 10.0. The van der Waals surface area contributed by atoms with E-state index in [0.29, 0.717) is 5.11 Å². The molecule has 6 heteroatoms. The summed E-state index contributed by atoms with van der Waals surface area (Å²) in [5, 5.41) is 6.42. The second-order valence-corrected chi connectivity index (χ2v) is 8.69. The summed E-state index contributed by atoms with van der Waals surface area (Å²) in [4.78, 5) is 6.68. The summed E-state index contributed by atoms with van der Waals surface area (Å²) in [6.07, 6.45) is 3.86. The maximum absolute atomic E-state index is 13.7. The normalized spacial score (nSPS) is 17.8. The van der Waals surface area contributed by atoms with Crippen molar-refractivity contribution in [2.75, 3.05) is 4.90 Å². The van der Waals surface area contributed by atoms with Crippen LogP contribution >= 0.6 is 12.2 Å². The first kappa shape index (κ1) is 20.6. The number of thiocarbonyl (C=S) groups is 1. The summed E-state index contributed by atoms with van der Waals surface area (Å²) in [7, 11) is 0. The number of benzene rings is 3. The van der Waals surface area contributed by atoms with Gasteiger partial charge in [0.15, 0.2) is 5.11 Å². The largest absolute Gasteiger partial charge is 0.351 e. The Morgan fingerprint density at radius 2 is 1.56 bits per heavy atom. The van der Waals surface area contributed by atoms with Crippen LogP contribution < -0.4 is 10.2 Å². The van der Waals surface area contributed by atoms with E-state index in [2.05, 4.69) is 68.4 Å². The highest BCUT2D eigenvalue weighted by atomic mass is 32.1. The fourth-order valence-electron chi connectivity index (χ4n) is 4.73. The quantitative estimate of drug-likeness (QED) is 0.315. The summed E-state index contributed by atoms with van der Waals surface area (Å²) in [5.74, 6) is -0.279. The zero-order valence-corrected chi connectivity index (χ0v) is 19.0. The van der Waals surface area contributed by atoms with Crippen molar-refractivity contribution in [3.05, 3.63) is 127 Å². The second-order valence-electron chi connectivity index (χ2n) is 8.31. The number of anilines is 1. The third-order valence-corrected chi connectivity index (χ3v) is 6.61. The van der Waals surface area contributed by atoms with Crippen LogP contribution in [0.2, 0.25) is 0 Å². The Morgan fingerprint density at radius 3 is 2.35 bits per heavy atom. The van der Waals surface area contributed by atoms with Crippen molar-refractivity contribution in [1.82, 2.24) is 14.9 Å². The first-order valence-corrected chi connectivity index (χ1v) is 11.5. The Labute approximate surface area is 202 Å². The third-order valence-electron chi connectivity index (χ3n) is 6.30. The van der Waals surface area contributed by atoms with Crippen molar-refractivity contribution in [2.45, 2.75) is 12.1 Å². The number of rotatable bonds is 4. The van der Waals surface area contributed by atoms with E-state index in [0.717, 1.165) is 22.8 Å². The average Bonchev–Trinajstić information content (AvgIpc) is 3.49. The third kappa shape index (κ3) is 3.53. The minimum atomic E-state index is -0.279. The highest BCUT2D eigenvalue weighted by Crippen LogP contribution is 2.42. The molecule has 0 saturated carbocycles. The van der Waals surface area contributed by atoms with Crippen LogP contribution in [0.15, 0.2) is 109 Å². The van der Waals surface area contributed by atoms with Gasteiger partial charge in [-0.15, -0.1) is 0 Å². The topological polar surface area (TPSA) is 33.1 Å². The summed E-state index contributed by atoms with van der Waals surface area (Å²) >= 11 is 5.79. The van der Waals surface area contributed by atoms with E-state index < -0.39 is 0 Å². The van der Waals surface area contributed by atoms with Gasteiger partial charge in [-0.3, -0.25) is 4.98 Å². The van der Waals surface area contributed by atoms with E-state index in [9.17, 15) is 4.39 Å². The van der Waals surface area contributed by atoms with Crippen LogP contribution in [0.25, 0.3) is 16.5 Å². The van der Waals surface area contributed by atoms with E-state index >= 15 is 0 Å². The Hall–Kier alpha value is -4.03. The maximum Gasteiger partial charge on any atom is 0.174 e. The van der Waals surface area contributed by atoms with E-state index in [1.807, 2.05) is 30.3 Å². The van der Waals surface area contributed by atoms with Gasteiger partial charge >= 0.3 is 0 Å². The smallest absolute Gasteiger partial charge is 0.174 e. The molecule has 3 heterocycles. The first-order valence-electron chi connectivity index (χ1n) is 11.1. The van der Waals surface area contributed by atoms with Gasteiger partial charge < -0.3 is 14.8 Å². The summed E-state index contributed by atoms with van der Waals surface area (Å²) in [6.45, 7) is 0. The zero-order chi connectivity index (χ0) is 23.1. The molecule has 0 unspecified atom stereocenters. The molecule has 3 aromatic carbocycles. The van der Waals surface area contributed by atoms with Crippen molar-refractivity contribution in [3.63, 3.8) is 0 Å². The molecule has 6 rings (SSSR count). The number of aromatic nitrogens is 2. The standard InChI is InChI=1S/C28H21FN4S/c29-21-11-14-22(15-12-21)33-27(26(31-28(33)34)24-8-3-4-16-30-24)25-9-5-17-32(25)23-13-10-19-6-1-2-7-20(19)18-23/h1-18,26-27H,(H,31,34)/t26-,27+/m1/s1. The Kier molecular flexibility index (Phi) is 5.08. The van der Waals surface area contributed by atoms with Gasteiger partial charge in [0, 0.05) is 29.5 Å². The van der Waals surface area contributed by atoms with Crippen molar-refractivity contribution < 1.29 is 4.39 Å². The lowest BCUT2D eigenvalue weighted by molar-refractivity contribution is 0.549. The van der Waals surface area contributed by atoms with Gasteiger partial charge in [-0.05, 0) is 83.7 Å². The summed E-state index contributed by atoms with van der Waals surface area (Å²) in [6, 6.07) is 30.9. The average molecular weight is 465 g/mol. The van der Waals surface area contributed by atoms with Gasteiger partial charge in [0.1, 0.15) is 11.9 Å². The fourth-order valence-corrected chi connectivity index (χ4v) is 5.08. The van der Waals surface area contributed by atoms with Gasteiger partial charge in [0.2, 0.25) is 0 Å². The number of nitrogens with zero attached hydrogens (tertiary/aromatic N) is 3. The molecule has 0 spiro atoms. The van der Waals surface area contributed by atoms with E-state index in [-0.39, 0.29) is 17.9 Å². The van der Waals surface area contributed by atoms with Gasteiger partial charge in [-0.1, -0.05) is 36.4 Å². The van der Waals surface area contributed by atoms with E-state index in [1.54, 1.807) is 18.3 Å². The van der Waals surface area contributed by atoms with Crippen molar-refractivity contribution >= 4 is 33.8 Å². The molecule has 1 aliphatic rings. The van der Waals surface area contributed by atoms with Crippen molar-refractivity contribution in [2.24, 2.45) is 0 Å². The van der Waals surface area contributed by atoms with Crippen LogP contribution in [0.4, 0.5) is 10.1 Å². The number of hydrogen-bond donors (Lipinski definition) is 1. The predicted octanol–water partition coefficient (Wildman–Crippen LogP) is 6.34. The van der Waals surface area contributed by atoms with Crippen molar-refractivity contribution in [3.8, 4) is 5.69 Å². The molecule has 2 aromatic heterocycles. The molecular weight excluding hydrogens is 443 g/mol. The Balaban J connectivity index is 1.51. The summed E-state index contributed by atoms with van der Waals surface area (Å²) in [5.41, 5.74) is 3.84. The number of pyridine rings is 1. The van der Waals surface area contributed by atoms with E-state index in [4.69, 9.17) is 12.2 Å². The van der Waals surface area contributed by atoms with E-state index in [1.165, 1.54) is 22.9 Å². The van der Waals surface area contributed by atoms with Crippen LogP contribution in [-0.4, -0.2) is 14.7 Å². The molecule has 0 bridgehead atoms. The maximum atomic E-state index is 13.7. The SMILES string of the molecule is Fc1ccc(N2C(=S)N[C@H](c3ccccn3)[C@@H]2c2cccn2-c2ccc3ccccc3c2)cc1. The van der Waals surface area contributed by atoms with Crippen molar-refractivity contribution in [1.29, 1.82) is 0 Å². The number of nitrogens with one attached hydrogen (secondary N) is 1. The number of hydrogen-bond acceptors (Lipinski definition) is 2. The number of halogens is 1. The molecular formula is C28H21FN4S. The van der Waals surface area contributed by atoms with Crippen LogP contribution in [0.5, 0.6) is 0 Å². The Morgan fingerprint density at radius 1 is 0.794 bits per heavy atom. The monoisotopic (exact) mass is 464 g/mol. The predicted molar refractivity (Wildman–Crippen MR) is 138 cm³/mol. The van der Waals surface area contributed by atoms with Crippen LogP contribution in [0.1, 0.15) is 23.5 Å². The molecule has 2 atom stereocenters. The van der Waals surface area contributed by atoms with Gasteiger partial charge in [-0.2, -0.15) is 0 Å². The molecule has 0 aliphatic carbocycles. The molecule has 5 aromatic rings. The minimum absolute atomic E-state index is 0.173. The molecule has 0 amide bonds. The molecule has 4 nitrogen and oxygen atoms in total. The highest BCUT2D eigenvalue weighted by molar-refractivity contribution is 7.80. The lowest BCUT2D eigenvalue weighted by Gasteiger charge is -2.29. The number of fused-ring (bicyclic) bond motifs is 1. The molecule has 1 fully saturated rings. The van der Waals surface area contributed by atoms with Gasteiger partial charge in [0.25, 0.3) is 0 Å². The molecule has 1 aliphatic heterocycles. The molecule has 1 N–H and O–H groups in total. The van der Waals surface area contributed by atoms with Gasteiger partial charge in [-0.25, -0.2) is 4.39 Å². The fraction of sp³-hybridized carbons (Fsp3) is 0.0714. The second kappa shape index (κ2) is 8.39. The zero-order valence-electron chi connectivity index (χ0n) is 18.2. The van der Waals surface area contributed by atoms with Crippen LogP contribution in [-0.2, 0) is 0 Å². The lowest BCUT2D eigenvalue weighted by Crippen LogP contribution is -2.30. The molecule has 0 radical (unpaired) electrons. The highest BCUT2D eigenvalue weighted by Gasteiger charge is 2.42. The Bertz CT molecular complexity index is 1480. The molecule has 34 heavy (non-hydrogen) atoms. The minimum Gasteiger partial charge on any atom is -0.351 e. The first-order chi connectivity index (χ1) is 16.7. The molecule has 166 valence electrons.